The van der Waals surface area contributed by atoms with Crippen LogP contribution in [0.5, 0.6) is 0 Å². The van der Waals surface area contributed by atoms with Crippen LogP contribution in [-0.2, 0) is 0 Å². The quantitative estimate of drug-likeness (QED) is 0.362. The summed E-state index contributed by atoms with van der Waals surface area (Å²) in [5.74, 6) is 0.800. The smallest absolute Gasteiger partial charge is 0.222 e. The number of nitrogens with zero attached hydrogens (tertiary/aromatic N) is 3. The Bertz CT molecular complexity index is 1170. The second-order valence-corrected chi connectivity index (χ2v) is 7.43. The summed E-state index contributed by atoms with van der Waals surface area (Å²) in [5, 5.41) is 4.79. The molecule has 4 rings (SSSR count). The number of nitrogens with one attached hydrogen (secondary N) is 1. The Kier molecular flexibility index (Phi) is 4.86. The summed E-state index contributed by atoms with van der Waals surface area (Å²) in [6, 6.07) is 17.0. The number of pyridine rings is 1. The number of nitrogen functional groups attached to an aromatic ring is 1. The molecule has 5 nitrogen and oxygen atoms in total. The number of benzene rings is 2. The highest BCUT2D eigenvalue weighted by molar-refractivity contribution is 9.10. The van der Waals surface area contributed by atoms with Crippen molar-refractivity contribution in [1.82, 2.24) is 15.0 Å². The van der Waals surface area contributed by atoms with Crippen LogP contribution in [0.3, 0.4) is 0 Å². The highest BCUT2D eigenvalue weighted by Gasteiger charge is 2.11. The zero-order chi connectivity index (χ0) is 19.0. The van der Waals surface area contributed by atoms with Gasteiger partial charge in [-0.3, -0.25) is 0 Å². The van der Waals surface area contributed by atoms with Gasteiger partial charge >= 0.3 is 0 Å². The summed E-state index contributed by atoms with van der Waals surface area (Å²) in [6.45, 7) is 0. The van der Waals surface area contributed by atoms with E-state index in [4.69, 9.17) is 28.9 Å². The van der Waals surface area contributed by atoms with E-state index >= 15 is 0 Å². The van der Waals surface area contributed by atoms with Crippen LogP contribution in [0.2, 0.25) is 10.3 Å². The van der Waals surface area contributed by atoms with Crippen LogP contribution in [0.1, 0.15) is 0 Å². The molecule has 0 atom stereocenters. The van der Waals surface area contributed by atoms with Gasteiger partial charge < -0.3 is 11.1 Å². The number of halogens is 3. The fourth-order valence-corrected chi connectivity index (χ4v) is 3.59. The van der Waals surface area contributed by atoms with E-state index in [1.165, 1.54) is 0 Å². The van der Waals surface area contributed by atoms with Gasteiger partial charge in [0.25, 0.3) is 0 Å². The van der Waals surface area contributed by atoms with Gasteiger partial charge in [0, 0.05) is 21.1 Å². The van der Waals surface area contributed by atoms with Gasteiger partial charge in [-0.25, -0.2) is 9.97 Å². The molecule has 2 aromatic heterocycles. The van der Waals surface area contributed by atoms with Crippen molar-refractivity contribution in [3.63, 3.8) is 0 Å². The van der Waals surface area contributed by atoms with E-state index in [-0.39, 0.29) is 5.95 Å². The zero-order valence-corrected chi connectivity index (χ0v) is 16.8. The maximum atomic E-state index is 6.26. The van der Waals surface area contributed by atoms with E-state index in [1.54, 1.807) is 6.07 Å². The Morgan fingerprint density at radius 1 is 0.926 bits per heavy atom. The lowest BCUT2D eigenvalue weighted by atomic mass is 10.1. The zero-order valence-electron chi connectivity index (χ0n) is 13.7. The molecular weight excluding hydrogens is 449 g/mol. The minimum absolute atomic E-state index is 0.193. The van der Waals surface area contributed by atoms with Gasteiger partial charge in [0.2, 0.25) is 5.95 Å². The van der Waals surface area contributed by atoms with Crippen molar-refractivity contribution in [3.05, 3.63) is 69.4 Å². The maximum Gasteiger partial charge on any atom is 0.222 e. The highest BCUT2D eigenvalue weighted by Crippen LogP contribution is 2.33. The van der Waals surface area contributed by atoms with Crippen LogP contribution >= 0.6 is 39.1 Å². The molecule has 0 spiro atoms. The molecule has 4 aromatic rings. The second kappa shape index (κ2) is 7.31. The number of nitrogens with two attached hydrogens (primary N) is 1. The monoisotopic (exact) mass is 459 g/mol. The third-order valence-electron chi connectivity index (χ3n) is 3.93. The Labute approximate surface area is 173 Å². The SMILES string of the molecule is Nc1nc(Nc2cccc(Br)c2)c2cc(-c3ccc(Cl)nc3Cl)ccc2n1. The van der Waals surface area contributed by atoms with Gasteiger partial charge in [0.15, 0.2) is 0 Å². The van der Waals surface area contributed by atoms with Crippen LogP contribution < -0.4 is 11.1 Å². The number of hydrogen-bond donors (Lipinski definition) is 2. The van der Waals surface area contributed by atoms with Crippen molar-refractivity contribution in [2.75, 3.05) is 11.1 Å². The van der Waals surface area contributed by atoms with E-state index in [1.807, 2.05) is 48.5 Å². The fourth-order valence-electron chi connectivity index (χ4n) is 2.74. The normalized spacial score (nSPS) is 10.9. The number of rotatable bonds is 3. The van der Waals surface area contributed by atoms with Crippen LogP contribution in [0.4, 0.5) is 17.5 Å². The average molecular weight is 461 g/mol. The molecule has 8 heteroatoms. The number of fused-ring (bicyclic) bond motifs is 1. The van der Waals surface area contributed by atoms with E-state index in [0.29, 0.717) is 16.1 Å². The van der Waals surface area contributed by atoms with Gasteiger partial charge in [-0.05, 0) is 48.0 Å². The lowest BCUT2D eigenvalue weighted by Crippen LogP contribution is -2.01. The summed E-state index contributed by atoms with van der Waals surface area (Å²) in [4.78, 5) is 12.8. The van der Waals surface area contributed by atoms with Crippen LogP contribution in [-0.4, -0.2) is 15.0 Å². The molecule has 2 aromatic carbocycles. The molecule has 0 aliphatic carbocycles. The maximum absolute atomic E-state index is 6.26. The third-order valence-corrected chi connectivity index (χ3v) is 4.92. The molecule has 3 N–H and O–H groups in total. The van der Waals surface area contributed by atoms with Crippen LogP contribution in [0.25, 0.3) is 22.0 Å². The van der Waals surface area contributed by atoms with Crippen molar-refractivity contribution < 1.29 is 0 Å². The molecular formula is C19H12BrCl2N5. The Hall–Kier alpha value is -2.41. The van der Waals surface area contributed by atoms with E-state index in [9.17, 15) is 0 Å². The molecule has 0 unspecified atom stereocenters. The summed E-state index contributed by atoms with van der Waals surface area (Å²) in [6.07, 6.45) is 0. The lowest BCUT2D eigenvalue weighted by Gasteiger charge is -2.12. The molecule has 0 saturated carbocycles. The predicted molar refractivity (Wildman–Crippen MR) is 115 cm³/mol. The van der Waals surface area contributed by atoms with Crippen LogP contribution in [0, 0.1) is 0 Å². The molecule has 0 fully saturated rings. The average Bonchev–Trinajstić information content (AvgIpc) is 2.61. The fraction of sp³-hybridized carbons (Fsp3) is 0. The van der Waals surface area contributed by atoms with Crippen LogP contribution in [0.15, 0.2) is 59.1 Å². The molecule has 0 bridgehead atoms. The van der Waals surface area contributed by atoms with Gasteiger partial charge in [0.05, 0.1) is 5.52 Å². The summed E-state index contributed by atoms with van der Waals surface area (Å²) >= 11 is 15.6. The van der Waals surface area contributed by atoms with Crippen molar-refractivity contribution in [2.24, 2.45) is 0 Å². The van der Waals surface area contributed by atoms with Crippen molar-refractivity contribution in [3.8, 4) is 11.1 Å². The van der Waals surface area contributed by atoms with Crippen molar-refractivity contribution in [2.45, 2.75) is 0 Å². The predicted octanol–water partition coefficient (Wildman–Crippen LogP) is 6.09. The first kappa shape index (κ1) is 18.0. The first-order chi connectivity index (χ1) is 13.0. The van der Waals surface area contributed by atoms with E-state index < -0.39 is 0 Å². The molecule has 0 aliphatic heterocycles. The largest absolute Gasteiger partial charge is 0.368 e. The molecule has 0 amide bonds. The van der Waals surface area contributed by atoms with E-state index in [0.717, 1.165) is 32.2 Å². The first-order valence-corrected chi connectivity index (χ1v) is 9.47. The Balaban J connectivity index is 1.85. The molecule has 0 radical (unpaired) electrons. The molecule has 0 saturated heterocycles. The van der Waals surface area contributed by atoms with Gasteiger partial charge in [-0.2, -0.15) is 4.98 Å². The number of aromatic nitrogens is 3. The van der Waals surface area contributed by atoms with Gasteiger partial charge in [-0.1, -0.05) is 51.3 Å². The molecule has 2 heterocycles. The second-order valence-electron chi connectivity index (χ2n) is 5.77. The number of hydrogen-bond acceptors (Lipinski definition) is 5. The van der Waals surface area contributed by atoms with Crippen molar-refractivity contribution >= 4 is 67.5 Å². The minimum atomic E-state index is 0.193. The van der Waals surface area contributed by atoms with Gasteiger partial charge in [0.1, 0.15) is 16.1 Å². The summed E-state index contributed by atoms with van der Waals surface area (Å²) < 4.78 is 0.957. The minimum Gasteiger partial charge on any atom is -0.368 e. The summed E-state index contributed by atoms with van der Waals surface area (Å²) in [5.41, 5.74) is 9.13. The molecule has 0 aliphatic rings. The highest BCUT2D eigenvalue weighted by atomic mass is 79.9. The van der Waals surface area contributed by atoms with Gasteiger partial charge in [-0.15, -0.1) is 0 Å². The first-order valence-electron chi connectivity index (χ1n) is 7.92. The summed E-state index contributed by atoms with van der Waals surface area (Å²) in [7, 11) is 0. The Morgan fingerprint density at radius 2 is 1.78 bits per heavy atom. The third kappa shape index (κ3) is 3.83. The lowest BCUT2D eigenvalue weighted by molar-refractivity contribution is 1.23. The number of anilines is 3. The molecule has 134 valence electrons. The molecule has 27 heavy (non-hydrogen) atoms. The van der Waals surface area contributed by atoms with E-state index in [2.05, 4.69) is 36.2 Å². The standard InChI is InChI=1S/C19H12BrCl2N5/c20-11-2-1-3-12(9-11)24-18-14-8-10(4-6-15(14)25-19(23)27-18)13-5-7-16(21)26-17(13)22/h1-9H,(H3,23,24,25,27). The topological polar surface area (TPSA) is 76.7 Å². The Morgan fingerprint density at radius 3 is 2.56 bits per heavy atom. The van der Waals surface area contributed by atoms with Crippen molar-refractivity contribution in [1.29, 1.82) is 0 Å².